The third kappa shape index (κ3) is 6.11. The van der Waals surface area contributed by atoms with Crippen molar-refractivity contribution in [3.63, 3.8) is 0 Å². The molecule has 0 aliphatic heterocycles. The first-order valence-electron chi connectivity index (χ1n) is 12.9. The molecule has 2 aliphatic carbocycles. The number of nitrogens with one attached hydrogen (secondary N) is 2. The van der Waals surface area contributed by atoms with Gasteiger partial charge in [0.15, 0.2) is 0 Å². The summed E-state index contributed by atoms with van der Waals surface area (Å²) in [5.41, 5.74) is 2.42. The molecular formula is C28H38FN3O3. The van der Waals surface area contributed by atoms with Gasteiger partial charge in [0, 0.05) is 19.4 Å². The number of hydrogen-bond donors (Lipinski definition) is 3. The average molecular weight is 484 g/mol. The van der Waals surface area contributed by atoms with E-state index >= 15 is 0 Å². The van der Waals surface area contributed by atoms with E-state index < -0.39 is 5.97 Å². The molecule has 1 saturated carbocycles. The Balaban J connectivity index is 1.40. The average Bonchev–Trinajstić information content (AvgIpc) is 3.39. The molecule has 4 rings (SSSR count). The Kier molecular flexibility index (Phi) is 7.62. The number of imidazole rings is 1. The zero-order valence-corrected chi connectivity index (χ0v) is 21.1. The summed E-state index contributed by atoms with van der Waals surface area (Å²) < 4.78 is 13.6. The van der Waals surface area contributed by atoms with Crippen molar-refractivity contribution in [2.75, 3.05) is 6.54 Å². The van der Waals surface area contributed by atoms with Gasteiger partial charge in [-0.2, -0.15) is 0 Å². The third-order valence-electron chi connectivity index (χ3n) is 8.28. The van der Waals surface area contributed by atoms with E-state index in [2.05, 4.69) is 42.1 Å². The lowest BCUT2D eigenvalue weighted by molar-refractivity contribution is -0.140. The number of carbonyl (C=O) groups excluding carboxylic acids is 1. The maximum atomic E-state index is 13.6. The minimum atomic E-state index is -0.814. The standard InChI is InChI=1S/C28H38FN3O3/c1-17(2)22-11-19(12-25-31-23-7-6-21(29)13-24(23)32-25)18(3)10-20(22)16-30-26(33)14-28(15-27(34)35)8-4-5-9-28/h6-7,10,13,17,19-20,22H,4-5,8-9,11-12,14-16H2,1-3H3,(H,30,33)(H,31,32)(H,34,35)/t19-,20-,22-/m0/s1. The summed E-state index contributed by atoms with van der Waals surface area (Å²) in [6, 6.07) is 4.62. The Labute approximate surface area is 206 Å². The number of fused-ring (bicyclic) bond motifs is 1. The van der Waals surface area contributed by atoms with Gasteiger partial charge in [0.1, 0.15) is 11.6 Å². The molecule has 0 unspecified atom stereocenters. The Hall–Kier alpha value is -2.70. The van der Waals surface area contributed by atoms with E-state index in [0.717, 1.165) is 55.4 Å². The summed E-state index contributed by atoms with van der Waals surface area (Å²) in [7, 11) is 0. The highest BCUT2D eigenvalue weighted by Crippen LogP contribution is 2.44. The highest BCUT2D eigenvalue weighted by Gasteiger charge is 2.38. The Morgan fingerprint density at radius 2 is 2.00 bits per heavy atom. The lowest BCUT2D eigenvalue weighted by atomic mass is 9.69. The van der Waals surface area contributed by atoms with Crippen LogP contribution in [0.3, 0.4) is 0 Å². The molecule has 3 atom stereocenters. The van der Waals surface area contributed by atoms with Crippen LogP contribution < -0.4 is 5.32 Å². The van der Waals surface area contributed by atoms with Crippen LogP contribution in [-0.4, -0.2) is 33.5 Å². The van der Waals surface area contributed by atoms with Crippen molar-refractivity contribution in [3.05, 3.63) is 41.5 Å². The fourth-order valence-electron chi connectivity index (χ4n) is 6.37. The topological polar surface area (TPSA) is 95.1 Å². The van der Waals surface area contributed by atoms with Crippen LogP contribution in [0.5, 0.6) is 0 Å². The van der Waals surface area contributed by atoms with Crippen LogP contribution in [-0.2, 0) is 16.0 Å². The van der Waals surface area contributed by atoms with Crippen LogP contribution in [0.4, 0.5) is 4.39 Å². The predicted octanol–water partition coefficient (Wildman–Crippen LogP) is 5.64. The molecule has 0 saturated heterocycles. The van der Waals surface area contributed by atoms with E-state index in [1.807, 2.05) is 0 Å². The van der Waals surface area contributed by atoms with E-state index in [4.69, 9.17) is 0 Å². The van der Waals surface area contributed by atoms with Crippen LogP contribution in [0, 0.1) is 34.9 Å². The first-order chi connectivity index (χ1) is 16.6. The molecule has 0 radical (unpaired) electrons. The first-order valence-corrected chi connectivity index (χ1v) is 12.9. The molecule has 0 bridgehead atoms. The molecule has 0 spiro atoms. The lowest BCUT2D eigenvalue weighted by Gasteiger charge is -2.37. The van der Waals surface area contributed by atoms with E-state index in [0.29, 0.717) is 30.7 Å². The van der Waals surface area contributed by atoms with Gasteiger partial charge in [0.2, 0.25) is 5.91 Å². The number of hydrogen-bond acceptors (Lipinski definition) is 3. The van der Waals surface area contributed by atoms with Crippen molar-refractivity contribution in [2.24, 2.45) is 29.1 Å². The van der Waals surface area contributed by atoms with Gasteiger partial charge < -0.3 is 15.4 Å². The van der Waals surface area contributed by atoms with Crippen molar-refractivity contribution >= 4 is 22.9 Å². The number of amides is 1. The zero-order valence-electron chi connectivity index (χ0n) is 21.1. The van der Waals surface area contributed by atoms with Crippen LogP contribution >= 0.6 is 0 Å². The summed E-state index contributed by atoms with van der Waals surface area (Å²) in [5, 5.41) is 12.5. The summed E-state index contributed by atoms with van der Waals surface area (Å²) in [5.74, 6) is 1.23. The molecule has 2 aromatic rings. The van der Waals surface area contributed by atoms with Crippen LogP contribution in [0.15, 0.2) is 29.8 Å². The van der Waals surface area contributed by atoms with Crippen molar-refractivity contribution in [3.8, 4) is 0 Å². The van der Waals surface area contributed by atoms with Gasteiger partial charge in [0.25, 0.3) is 0 Å². The Morgan fingerprint density at radius 3 is 2.69 bits per heavy atom. The molecule has 7 heteroatoms. The SMILES string of the molecule is CC1=C[C@@H](CNC(=O)CC2(CC(=O)O)CCCC2)[C@H](C(C)C)C[C@H]1Cc1nc2ccc(F)cc2[nH]1. The number of nitrogens with zero attached hydrogens (tertiary/aromatic N) is 1. The van der Waals surface area contributed by atoms with E-state index in [-0.39, 0.29) is 29.5 Å². The maximum absolute atomic E-state index is 13.6. The first kappa shape index (κ1) is 25.4. The normalized spacial score (nSPS) is 24.0. The monoisotopic (exact) mass is 483 g/mol. The molecule has 1 aromatic heterocycles. The van der Waals surface area contributed by atoms with Gasteiger partial charge in [-0.05, 0) is 73.5 Å². The minimum absolute atomic E-state index is 0.0293. The van der Waals surface area contributed by atoms with E-state index in [1.54, 1.807) is 6.07 Å². The summed E-state index contributed by atoms with van der Waals surface area (Å²) in [4.78, 5) is 32.1. The molecule has 1 heterocycles. The van der Waals surface area contributed by atoms with Gasteiger partial charge in [-0.15, -0.1) is 0 Å². The van der Waals surface area contributed by atoms with Gasteiger partial charge in [-0.3, -0.25) is 9.59 Å². The second-order valence-electron chi connectivity index (χ2n) is 11.2. The molecule has 1 aromatic carbocycles. The lowest BCUT2D eigenvalue weighted by Crippen LogP contribution is -2.39. The predicted molar refractivity (Wildman–Crippen MR) is 134 cm³/mol. The quantitative estimate of drug-likeness (QED) is 0.402. The smallest absolute Gasteiger partial charge is 0.303 e. The largest absolute Gasteiger partial charge is 0.481 e. The van der Waals surface area contributed by atoms with Crippen molar-refractivity contribution in [1.29, 1.82) is 0 Å². The fourth-order valence-corrected chi connectivity index (χ4v) is 6.37. The van der Waals surface area contributed by atoms with Crippen molar-refractivity contribution < 1.29 is 19.1 Å². The third-order valence-corrected chi connectivity index (χ3v) is 8.28. The number of carboxylic acid groups (broad SMARTS) is 1. The molecule has 3 N–H and O–H groups in total. The number of aromatic nitrogens is 2. The Morgan fingerprint density at radius 1 is 1.26 bits per heavy atom. The molecule has 1 fully saturated rings. The second-order valence-corrected chi connectivity index (χ2v) is 11.2. The summed E-state index contributed by atoms with van der Waals surface area (Å²) in [6.45, 7) is 7.20. The van der Waals surface area contributed by atoms with Crippen molar-refractivity contribution in [1.82, 2.24) is 15.3 Å². The molecule has 6 nitrogen and oxygen atoms in total. The fraction of sp³-hybridized carbons (Fsp3) is 0.607. The number of carboxylic acids is 1. The highest BCUT2D eigenvalue weighted by atomic mass is 19.1. The molecule has 35 heavy (non-hydrogen) atoms. The van der Waals surface area contributed by atoms with Gasteiger partial charge in [-0.1, -0.05) is 38.3 Å². The maximum Gasteiger partial charge on any atom is 0.303 e. The second kappa shape index (κ2) is 10.5. The summed E-state index contributed by atoms with van der Waals surface area (Å²) >= 11 is 0. The van der Waals surface area contributed by atoms with Gasteiger partial charge in [-0.25, -0.2) is 9.37 Å². The number of carbonyl (C=O) groups is 2. The summed E-state index contributed by atoms with van der Waals surface area (Å²) in [6.07, 6.45) is 8.12. The number of allylic oxidation sites excluding steroid dienone is 1. The number of halogens is 1. The number of rotatable bonds is 9. The molecule has 1 amide bonds. The number of benzene rings is 1. The van der Waals surface area contributed by atoms with E-state index in [1.165, 1.54) is 17.7 Å². The zero-order chi connectivity index (χ0) is 25.2. The van der Waals surface area contributed by atoms with Gasteiger partial charge >= 0.3 is 5.97 Å². The van der Waals surface area contributed by atoms with Crippen LogP contribution in [0.2, 0.25) is 0 Å². The number of H-pyrrole nitrogens is 1. The highest BCUT2D eigenvalue weighted by molar-refractivity contribution is 5.78. The Bertz CT molecular complexity index is 1100. The number of aliphatic carboxylic acids is 1. The number of aromatic amines is 1. The van der Waals surface area contributed by atoms with Crippen LogP contribution in [0.25, 0.3) is 11.0 Å². The van der Waals surface area contributed by atoms with Gasteiger partial charge in [0.05, 0.1) is 17.5 Å². The molecule has 2 aliphatic rings. The molecule has 190 valence electrons. The molecular weight excluding hydrogens is 445 g/mol. The minimum Gasteiger partial charge on any atom is -0.481 e. The van der Waals surface area contributed by atoms with E-state index in [9.17, 15) is 19.1 Å². The van der Waals surface area contributed by atoms with Crippen LogP contribution in [0.1, 0.15) is 71.5 Å². The van der Waals surface area contributed by atoms with Crippen molar-refractivity contribution in [2.45, 2.75) is 72.1 Å².